The summed E-state index contributed by atoms with van der Waals surface area (Å²) < 4.78 is 50.7. The molecule has 1 nitrogen and oxygen atoms in total. The van der Waals surface area contributed by atoms with Gasteiger partial charge in [-0.1, -0.05) is 23.6 Å². The molecule has 0 aromatic heterocycles. The quantitative estimate of drug-likeness (QED) is 0.467. The van der Waals surface area contributed by atoms with Crippen molar-refractivity contribution in [2.45, 2.75) is 19.5 Å². The van der Waals surface area contributed by atoms with E-state index in [1.54, 1.807) is 0 Å². The van der Waals surface area contributed by atoms with Gasteiger partial charge in [-0.25, -0.2) is 4.39 Å². The van der Waals surface area contributed by atoms with Gasteiger partial charge < -0.3 is 0 Å². The average molecular weight is 290 g/mol. The van der Waals surface area contributed by atoms with Crippen LogP contribution in [0.1, 0.15) is 24.5 Å². The molecule has 0 unspecified atom stereocenters. The maximum absolute atomic E-state index is 12.8. The predicted octanol–water partition coefficient (Wildman–Crippen LogP) is 3.87. The average Bonchev–Trinajstić information content (AvgIpc) is 2.28. The fraction of sp³-hybridized carbons (Fsp3) is 0.308. The van der Waals surface area contributed by atoms with Gasteiger partial charge in [-0.05, 0) is 18.2 Å². The predicted molar refractivity (Wildman–Crippen MR) is 66.0 cm³/mol. The lowest BCUT2D eigenvalue weighted by atomic mass is 10.1. The van der Waals surface area contributed by atoms with Crippen LogP contribution in [0.4, 0.5) is 17.6 Å². The van der Waals surface area contributed by atoms with Crippen LogP contribution in [0.3, 0.4) is 0 Å². The fourth-order valence-corrected chi connectivity index (χ4v) is 1.76. The van der Waals surface area contributed by atoms with E-state index in [9.17, 15) is 22.4 Å². The van der Waals surface area contributed by atoms with E-state index in [1.165, 1.54) is 6.92 Å². The molecule has 0 spiro atoms. The minimum absolute atomic E-state index is 0.0698. The van der Waals surface area contributed by atoms with Crippen molar-refractivity contribution >= 4 is 16.9 Å². The van der Waals surface area contributed by atoms with Crippen molar-refractivity contribution in [2.24, 2.45) is 0 Å². The Kier molecular flexibility index (Phi) is 5.43. The number of hydrogen-bond acceptors (Lipinski definition) is 2. The number of thioether (sulfide) groups is 1. The van der Waals surface area contributed by atoms with Gasteiger partial charge in [-0.3, -0.25) is 4.79 Å². The van der Waals surface area contributed by atoms with Crippen molar-refractivity contribution in [3.8, 4) is 11.8 Å². The van der Waals surface area contributed by atoms with E-state index in [1.807, 2.05) is 0 Å². The minimum Gasteiger partial charge on any atom is -0.288 e. The second kappa shape index (κ2) is 6.62. The van der Waals surface area contributed by atoms with E-state index in [-0.39, 0.29) is 10.7 Å². The Morgan fingerprint density at radius 2 is 2.05 bits per heavy atom. The van der Waals surface area contributed by atoms with Crippen molar-refractivity contribution in [3.05, 3.63) is 35.1 Å². The molecule has 102 valence electrons. The van der Waals surface area contributed by atoms with Gasteiger partial charge in [0.25, 0.3) is 0 Å². The second-order valence-corrected chi connectivity index (χ2v) is 4.85. The van der Waals surface area contributed by atoms with E-state index in [0.717, 1.165) is 23.9 Å². The molecule has 0 amide bonds. The molecule has 0 heterocycles. The Bertz CT molecular complexity index is 526. The standard InChI is InChI=1S/C13H10F4OS/c1-9(18)19-7-3-2-4-10-5-6-11(14)8-12(10)13(15,16)17/h5-6,8H,3,7H2,1H3. The monoisotopic (exact) mass is 290 g/mol. The lowest BCUT2D eigenvalue weighted by Crippen LogP contribution is -2.08. The second-order valence-electron chi connectivity index (χ2n) is 3.58. The normalized spacial score (nSPS) is 10.8. The van der Waals surface area contributed by atoms with E-state index >= 15 is 0 Å². The van der Waals surface area contributed by atoms with Crippen molar-refractivity contribution in [3.63, 3.8) is 0 Å². The highest BCUT2D eigenvalue weighted by Gasteiger charge is 2.33. The fourth-order valence-electron chi connectivity index (χ4n) is 1.26. The summed E-state index contributed by atoms with van der Waals surface area (Å²) in [6.07, 6.45) is -4.35. The van der Waals surface area contributed by atoms with E-state index < -0.39 is 17.6 Å². The molecule has 0 N–H and O–H groups in total. The summed E-state index contributed by atoms with van der Waals surface area (Å²) in [5.74, 6) is 4.37. The number of rotatable bonds is 2. The van der Waals surface area contributed by atoms with Crippen LogP contribution < -0.4 is 0 Å². The van der Waals surface area contributed by atoms with Gasteiger partial charge in [-0.2, -0.15) is 13.2 Å². The van der Waals surface area contributed by atoms with Crippen molar-refractivity contribution in [1.29, 1.82) is 0 Å². The third-order valence-corrected chi connectivity index (χ3v) is 2.86. The Labute approximate surface area is 112 Å². The highest BCUT2D eigenvalue weighted by molar-refractivity contribution is 8.13. The van der Waals surface area contributed by atoms with Crippen molar-refractivity contribution in [2.75, 3.05) is 5.75 Å². The summed E-state index contributed by atoms with van der Waals surface area (Å²) in [5, 5.41) is -0.0698. The largest absolute Gasteiger partial charge is 0.417 e. The maximum Gasteiger partial charge on any atom is 0.417 e. The summed E-state index contributed by atoms with van der Waals surface area (Å²) in [6, 6.07) is 2.36. The number of carbonyl (C=O) groups excluding carboxylic acids is 1. The number of halogens is 4. The Balaban J connectivity index is 2.84. The summed E-state index contributed by atoms with van der Waals surface area (Å²) >= 11 is 1.05. The van der Waals surface area contributed by atoms with Crippen molar-refractivity contribution < 1.29 is 22.4 Å². The van der Waals surface area contributed by atoms with E-state index in [2.05, 4.69) is 11.8 Å². The molecule has 0 aliphatic carbocycles. The molecule has 1 aromatic rings. The lowest BCUT2D eigenvalue weighted by Gasteiger charge is -2.08. The van der Waals surface area contributed by atoms with Crippen LogP contribution in [-0.2, 0) is 11.0 Å². The Morgan fingerprint density at radius 1 is 1.37 bits per heavy atom. The van der Waals surface area contributed by atoms with Gasteiger partial charge in [0.2, 0.25) is 0 Å². The lowest BCUT2D eigenvalue weighted by molar-refractivity contribution is -0.138. The molecule has 0 aliphatic heterocycles. The molecule has 0 bridgehead atoms. The van der Waals surface area contributed by atoms with Gasteiger partial charge in [0.05, 0.1) is 5.56 Å². The zero-order valence-corrected chi connectivity index (χ0v) is 10.8. The van der Waals surface area contributed by atoms with Gasteiger partial charge in [0, 0.05) is 24.7 Å². The first-order valence-electron chi connectivity index (χ1n) is 5.29. The molecule has 1 aromatic carbocycles. The number of alkyl halides is 3. The third-order valence-electron chi connectivity index (χ3n) is 2.04. The molecule has 0 atom stereocenters. The highest BCUT2D eigenvalue weighted by Crippen LogP contribution is 2.32. The van der Waals surface area contributed by atoms with Crippen LogP contribution >= 0.6 is 11.8 Å². The third kappa shape index (κ3) is 5.35. The molecular weight excluding hydrogens is 280 g/mol. The van der Waals surface area contributed by atoms with Crippen LogP contribution in [0.25, 0.3) is 0 Å². The van der Waals surface area contributed by atoms with Gasteiger partial charge in [0.1, 0.15) is 5.82 Å². The van der Waals surface area contributed by atoms with Crippen LogP contribution in [0.2, 0.25) is 0 Å². The first-order chi connectivity index (χ1) is 8.80. The molecule has 0 radical (unpaired) electrons. The highest BCUT2D eigenvalue weighted by atomic mass is 32.2. The minimum atomic E-state index is -4.64. The smallest absolute Gasteiger partial charge is 0.288 e. The Morgan fingerprint density at radius 3 is 2.63 bits per heavy atom. The number of carbonyl (C=O) groups is 1. The van der Waals surface area contributed by atoms with Crippen LogP contribution in [-0.4, -0.2) is 10.9 Å². The molecule has 1 rings (SSSR count). The SMILES string of the molecule is CC(=O)SCCC#Cc1ccc(F)cc1C(F)(F)F. The Hall–Kier alpha value is -1.48. The van der Waals surface area contributed by atoms with E-state index in [0.29, 0.717) is 18.2 Å². The summed E-state index contributed by atoms with van der Waals surface area (Å²) in [7, 11) is 0. The summed E-state index contributed by atoms with van der Waals surface area (Å²) in [6.45, 7) is 1.40. The van der Waals surface area contributed by atoms with Gasteiger partial charge in [0.15, 0.2) is 5.12 Å². The molecule has 0 saturated carbocycles. The maximum atomic E-state index is 12.8. The van der Waals surface area contributed by atoms with Gasteiger partial charge in [-0.15, -0.1) is 0 Å². The first kappa shape index (κ1) is 15.6. The molecule has 0 aliphatic rings. The molecule has 0 saturated heterocycles. The zero-order chi connectivity index (χ0) is 14.5. The van der Waals surface area contributed by atoms with Gasteiger partial charge >= 0.3 is 6.18 Å². The molecule has 0 fully saturated rings. The zero-order valence-electron chi connectivity index (χ0n) is 9.97. The molecule has 6 heteroatoms. The summed E-state index contributed by atoms with van der Waals surface area (Å²) in [4.78, 5) is 10.6. The first-order valence-corrected chi connectivity index (χ1v) is 6.28. The number of hydrogen-bond donors (Lipinski definition) is 0. The topological polar surface area (TPSA) is 17.1 Å². The molecular formula is C13H10F4OS. The number of benzene rings is 1. The van der Waals surface area contributed by atoms with Crippen molar-refractivity contribution in [1.82, 2.24) is 0 Å². The van der Waals surface area contributed by atoms with E-state index in [4.69, 9.17) is 0 Å². The molecule has 19 heavy (non-hydrogen) atoms. The summed E-state index contributed by atoms with van der Waals surface area (Å²) in [5.41, 5.74) is -1.35. The van der Waals surface area contributed by atoms with Crippen LogP contribution in [0.15, 0.2) is 18.2 Å². The van der Waals surface area contributed by atoms with Crippen LogP contribution in [0, 0.1) is 17.7 Å². The van der Waals surface area contributed by atoms with Crippen LogP contribution in [0.5, 0.6) is 0 Å².